The molecule has 0 saturated carbocycles. The van der Waals surface area contributed by atoms with E-state index in [2.05, 4.69) is 15.3 Å². The van der Waals surface area contributed by atoms with Gasteiger partial charge in [0.25, 0.3) is 0 Å². The molecule has 3 rings (SSSR count). The monoisotopic (exact) mass is 231 g/mol. The van der Waals surface area contributed by atoms with E-state index in [4.69, 9.17) is 4.74 Å². The fraction of sp³-hybridized carbons (Fsp3) is 0.333. The van der Waals surface area contributed by atoms with Crippen LogP contribution < -0.4 is 5.32 Å². The molecule has 2 N–H and O–H groups in total. The molecule has 1 unspecified atom stereocenters. The van der Waals surface area contributed by atoms with Gasteiger partial charge in [-0.25, -0.2) is 4.98 Å². The Labute approximate surface area is 98.2 Å². The Balaban J connectivity index is 1.88. The van der Waals surface area contributed by atoms with E-state index in [1.54, 1.807) is 6.33 Å². The number of carbonyl (C=O) groups is 1. The zero-order valence-electron chi connectivity index (χ0n) is 9.27. The van der Waals surface area contributed by atoms with Gasteiger partial charge >= 0.3 is 0 Å². The summed E-state index contributed by atoms with van der Waals surface area (Å²) in [4.78, 5) is 19.3. The molecule has 0 radical (unpaired) electrons. The van der Waals surface area contributed by atoms with E-state index in [1.165, 1.54) is 0 Å². The van der Waals surface area contributed by atoms with Gasteiger partial charge in [-0.2, -0.15) is 0 Å². The molecule has 0 spiro atoms. The van der Waals surface area contributed by atoms with Gasteiger partial charge in [-0.15, -0.1) is 0 Å². The predicted molar refractivity (Wildman–Crippen MR) is 63.0 cm³/mol. The van der Waals surface area contributed by atoms with E-state index in [0.717, 1.165) is 17.6 Å². The molecule has 1 fully saturated rings. The second-order valence-corrected chi connectivity index (χ2v) is 4.08. The van der Waals surface area contributed by atoms with Gasteiger partial charge in [0.15, 0.2) is 5.78 Å². The maximum Gasteiger partial charge on any atom is 0.182 e. The van der Waals surface area contributed by atoms with Crippen LogP contribution in [0.1, 0.15) is 10.4 Å². The summed E-state index contributed by atoms with van der Waals surface area (Å²) < 4.78 is 5.29. The van der Waals surface area contributed by atoms with Crippen molar-refractivity contribution in [3.63, 3.8) is 0 Å². The topological polar surface area (TPSA) is 67.0 Å². The number of aromatic nitrogens is 2. The molecule has 1 saturated heterocycles. The van der Waals surface area contributed by atoms with E-state index in [0.29, 0.717) is 18.8 Å². The van der Waals surface area contributed by atoms with Crippen LogP contribution in [0.5, 0.6) is 0 Å². The Morgan fingerprint density at radius 1 is 1.47 bits per heavy atom. The first-order chi connectivity index (χ1) is 8.34. The quantitative estimate of drug-likeness (QED) is 0.748. The molecule has 1 aromatic carbocycles. The fourth-order valence-electron chi connectivity index (χ4n) is 2.02. The van der Waals surface area contributed by atoms with E-state index >= 15 is 0 Å². The van der Waals surface area contributed by atoms with Gasteiger partial charge < -0.3 is 15.0 Å². The minimum atomic E-state index is -0.232. The summed E-state index contributed by atoms with van der Waals surface area (Å²) in [5.41, 5.74) is 2.44. The van der Waals surface area contributed by atoms with E-state index in [1.807, 2.05) is 18.2 Å². The second-order valence-electron chi connectivity index (χ2n) is 4.08. The van der Waals surface area contributed by atoms with Crippen LogP contribution in [0.2, 0.25) is 0 Å². The van der Waals surface area contributed by atoms with Gasteiger partial charge in [0.1, 0.15) is 0 Å². The normalized spacial score (nSPS) is 20.6. The number of H-pyrrole nitrogens is 1. The number of Topliss-reactive ketones (excluding diaryl/α,β-unsaturated/α-hetero) is 1. The summed E-state index contributed by atoms with van der Waals surface area (Å²) in [5.74, 6) is 0.0706. The highest BCUT2D eigenvalue weighted by atomic mass is 16.5. The van der Waals surface area contributed by atoms with Crippen LogP contribution in [0.4, 0.5) is 0 Å². The molecule has 17 heavy (non-hydrogen) atoms. The van der Waals surface area contributed by atoms with Crippen molar-refractivity contribution in [2.24, 2.45) is 0 Å². The maximum atomic E-state index is 12.2. The van der Waals surface area contributed by atoms with Crippen molar-refractivity contribution in [1.82, 2.24) is 15.3 Å². The standard InChI is InChI=1S/C12H13N3O2/c16-12(11-6-17-4-3-13-11)8-1-2-9-10(5-8)15-7-14-9/h1-2,5,7,11,13H,3-4,6H2,(H,14,15). The summed E-state index contributed by atoms with van der Waals surface area (Å²) in [6, 6.07) is 5.26. The number of hydrogen-bond donors (Lipinski definition) is 2. The summed E-state index contributed by atoms with van der Waals surface area (Å²) in [5, 5.41) is 3.16. The van der Waals surface area contributed by atoms with Crippen LogP contribution in [0.25, 0.3) is 11.0 Å². The number of carbonyl (C=O) groups excluding carboxylic acids is 1. The van der Waals surface area contributed by atoms with Gasteiger partial charge in [-0.05, 0) is 18.2 Å². The Hall–Kier alpha value is -1.72. The Morgan fingerprint density at radius 3 is 3.24 bits per heavy atom. The summed E-state index contributed by atoms with van der Waals surface area (Å²) in [7, 11) is 0. The lowest BCUT2D eigenvalue weighted by atomic mass is 10.0. The highest BCUT2D eigenvalue weighted by Gasteiger charge is 2.22. The second kappa shape index (κ2) is 4.27. The third-order valence-corrected chi connectivity index (χ3v) is 2.94. The number of nitrogens with zero attached hydrogens (tertiary/aromatic N) is 1. The molecule has 2 heterocycles. The van der Waals surface area contributed by atoms with Crippen LogP contribution in [0.15, 0.2) is 24.5 Å². The minimum absolute atomic E-state index is 0.0706. The first-order valence-electron chi connectivity index (χ1n) is 5.63. The first kappa shape index (κ1) is 10.4. The van der Waals surface area contributed by atoms with Crippen LogP contribution in [-0.4, -0.2) is 41.6 Å². The molecule has 1 aliphatic heterocycles. The van der Waals surface area contributed by atoms with Crippen molar-refractivity contribution in [3.05, 3.63) is 30.1 Å². The van der Waals surface area contributed by atoms with Gasteiger partial charge in [0.2, 0.25) is 0 Å². The Morgan fingerprint density at radius 2 is 2.41 bits per heavy atom. The van der Waals surface area contributed by atoms with Crippen LogP contribution in [-0.2, 0) is 4.74 Å². The molecule has 5 heteroatoms. The number of hydrogen-bond acceptors (Lipinski definition) is 4. The van der Waals surface area contributed by atoms with Crippen molar-refractivity contribution < 1.29 is 9.53 Å². The number of imidazole rings is 1. The third kappa shape index (κ3) is 1.94. The summed E-state index contributed by atoms with van der Waals surface area (Å²) in [6.07, 6.45) is 1.63. The zero-order valence-corrected chi connectivity index (χ0v) is 9.27. The highest BCUT2D eigenvalue weighted by molar-refractivity contribution is 6.02. The molecule has 0 bridgehead atoms. The molecule has 1 aromatic heterocycles. The smallest absolute Gasteiger partial charge is 0.182 e. The number of benzene rings is 1. The maximum absolute atomic E-state index is 12.2. The minimum Gasteiger partial charge on any atom is -0.378 e. The molecular weight excluding hydrogens is 218 g/mol. The number of rotatable bonds is 2. The molecule has 5 nitrogen and oxygen atoms in total. The van der Waals surface area contributed by atoms with Gasteiger partial charge in [-0.3, -0.25) is 4.79 Å². The fourth-order valence-corrected chi connectivity index (χ4v) is 2.02. The number of ether oxygens (including phenoxy) is 1. The van der Waals surface area contributed by atoms with Crippen LogP contribution >= 0.6 is 0 Å². The van der Waals surface area contributed by atoms with Crippen LogP contribution in [0, 0.1) is 0 Å². The van der Waals surface area contributed by atoms with Gasteiger partial charge in [0, 0.05) is 12.1 Å². The Bertz CT molecular complexity index is 543. The van der Waals surface area contributed by atoms with E-state index < -0.39 is 0 Å². The average molecular weight is 231 g/mol. The van der Waals surface area contributed by atoms with Crippen molar-refractivity contribution in [1.29, 1.82) is 0 Å². The molecule has 2 aromatic rings. The first-order valence-corrected chi connectivity index (χ1v) is 5.63. The van der Waals surface area contributed by atoms with E-state index in [9.17, 15) is 4.79 Å². The number of aromatic amines is 1. The summed E-state index contributed by atoms with van der Waals surface area (Å²) >= 11 is 0. The lowest BCUT2D eigenvalue weighted by Gasteiger charge is -2.22. The number of ketones is 1. The van der Waals surface area contributed by atoms with Crippen molar-refractivity contribution in [3.8, 4) is 0 Å². The van der Waals surface area contributed by atoms with Gasteiger partial charge in [0.05, 0.1) is 36.6 Å². The lowest BCUT2D eigenvalue weighted by molar-refractivity contribution is 0.0607. The Kier molecular flexibility index (Phi) is 2.62. The molecule has 0 aliphatic carbocycles. The lowest BCUT2D eigenvalue weighted by Crippen LogP contribution is -2.46. The molecule has 0 amide bonds. The van der Waals surface area contributed by atoms with Crippen molar-refractivity contribution >= 4 is 16.8 Å². The molecule has 1 atom stereocenters. The predicted octanol–water partition coefficient (Wildman–Crippen LogP) is 0.734. The van der Waals surface area contributed by atoms with Crippen molar-refractivity contribution in [2.45, 2.75) is 6.04 Å². The molecular formula is C12H13N3O2. The van der Waals surface area contributed by atoms with Crippen molar-refractivity contribution in [2.75, 3.05) is 19.8 Å². The molecule has 88 valence electrons. The third-order valence-electron chi connectivity index (χ3n) is 2.94. The highest BCUT2D eigenvalue weighted by Crippen LogP contribution is 2.13. The van der Waals surface area contributed by atoms with E-state index in [-0.39, 0.29) is 11.8 Å². The number of nitrogens with one attached hydrogen (secondary N) is 2. The number of morpholine rings is 1. The SMILES string of the molecule is O=C(c1ccc2nc[nH]c2c1)C1COCCN1. The van der Waals surface area contributed by atoms with Crippen LogP contribution in [0.3, 0.4) is 0 Å². The number of fused-ring (bicyclic) bond motifs is 1. The summed E-state index contributed by atoms with van der Waals surface area (Å²) in [6.45, 7) is 1.84. The van der Waals surface area contributed by atoms with Gasteiger partial charge in [-0.1, -0.05) is 0 Å². The zero-order chi connectivity index (χ0) is 11.7. The largest absolute Gasteiger partial charge is 0.378 e. The average Bonchev–Trinajstić information content (AvgIpc) is 2.86. The molecule has 1 aliphatic rings.